The van der Waals surface area contributed by atoms with Gasteiger partial charge in [0.15, 0.2) is 0 Å². The molecule has 1 unspecified atom stereocenters. The monoisotopic (exact) mass is 284 g/mol. The summed E-state index contributed by atoms with van der Waals surface area (Å²) in [6.45, 7) is 6.05. The minimum absolute atomic E-state index is 0.0183. The second-order valence-corrected chi connectivity index (χ2v) is 4.71. The van der Waals surface area contributed by atoms with Gasteiger partial charge in [0.1, 0.15) is 10.8 Å². The van der Waals surface area contributed by atoms with Gasteiger partial charge in [-0.15, -0.1) is 0 Å². The van der Waals surface area contributed by atoms with E-state index >= 15 is 0 Å². The van der Waals surface area contributed by atoms with Crippen molar-refractivity contribution in [1.82, 2.24) is 20.2 Å². The van der Waals surface area contributed by atoms with Crippen molar-refractivity contribution < 1.29 is 9.53 Å². The number of hydrogen-bond acceptors (Lipinski definition) is 5. The molecular weight excluding hydrogens is 268 g/mol. The zero-order chi connectivity index (χ0) is 13.7. The van der Waals surface area contributed by atoms with Crippen LogP contribution in [0.4, 0.5) is 0 Å². The quantitative estimate of drug-likeness (QED) is 0.876. The molecule has 2 rings (SSSR count). The minimum Gasteiger partial charge on any atom is -0.374 e. The highest BCUT2D eigenvalue weighted by molar-refractivity contribution is 6.29. The highest BCUT2D eigenvalue weighted by atomic mass is 35.5. The van der Waals surface area contributed by atoms with Crippen molar-refractivity contribution >= 4 is 17.5 Å². The third-order valence-electron chi connectivity index (χ3n) is 3.00. The number of likely N-dealkylation sites (N-methyl/N-ethyl adjacent to an activating group) is 1. The smallest absolute Gasteiger partial charge is 0.271 e. The maximum absolute atomic E-state index is 11.8. The Bertz CT molecular complexity index is 443. The van der Waals surface area contributed by atoms with E-state index < -0.39 is 0 Å². The van der Waals surface area contributed by atoms with Gasteiger partial charge in [0.05, 0.1) is 25.1 Å². The number of hydrogen-bond donors (Lipinski definition) is 1. The summed E-state index contributed by atoms with van der Waals surface area (Å²) in [6.07, 6.45) is 2.80. The first kappa shape index (κ1) is 14.2. The third-order valence-corrected chi connectivity index (χ3v) is 3.18. The lowest BCUT2D eigenvalue weighted by Crippen LogP contribution is -2.47. The first-order valence-electron chi connectivity index (χ1n) is 6.28. The third kappa shape index (κ3) is 4.12. The summed E-state index contributed by atoms with van der Waals surface area (Å²) in [4.78, 5) is 21.9. The molecule has 1 atom stereocenters. The van der Waals surface area contributed by atoms with Crippen LogP contribution in [0.15, 0.2) is 12.4 Å². The number of nitrogens with zero attached hydrogens (tertiary/aromatic N) is 3. The SMILES string of the molecule is CCN1CCOC(CNC(=O)c2cncc(Cl)n2)C1. The first-order chi connectivity index (χ1) is 9.19. The summed E-state index contributed by atoms with van der Waals surface area (Å²) in [5, 5.41) is 3.00. The minimum atomic E-state index is -0.285. The van der Waals surface area contributed by atoms with Crippen LogP contribution in [0.2, 0.25) is 5.15 Å². The van der Waals surface area contributed by atoms with Crippen molar-refractivity contribution in [2.75, 3.05) is 32.8 Å². The average Bonchev–Trinajstić information content (AvgIpc) is 2.45. The molecule has 0 saturated carbocycles. The number of aromatic nitrogens is 2. The van der Waals surface area contributed by atoms with Crippen molar-refractivity contribution in [3.8, 4) is 0 Å². The fraction of sp³-hybridized carbons (Fsp3) is 0.583. The molecule has 0 bridgehead atoms. The van der Waals surface area contributed by atoms with E-state index in [0.29, 0.717) is 13.2 Å². The first-order valence-corrected chi connectivity index (χ1v) is 6.66. The maximum Gasteiger partial charge on any atom is 0.271 e. The fourth-order valence-corrected chi connectivity index (χ4v) is 2.09. The van der Waals surface area contributed by atoms with Gasteiger partial charge in [-0.1, -0.05) is 18.5 Å². The second-order valence-electron chi connectivity index (χ2n) is 4.32. The number of nitrogens with one attached hydrogen (secondary N) is 1. The van der Waals surface area contributed by atoms with E-state index in [9.17, 15) is 4.79 Å². The fourth-order valence-electron chi connectivity index (χ4n) is 1.94. The molecule has 1 aromatic heterocycles. The normalized spacial score (nSPS) is 20.2. The van der Waals surface area contributed by atoms with Crippen LogP contribution >= 0.6 is 11.6 Å². The van der Waals surface area contributed by atoms with Crippen LogP contribution in [0.1, 0.15) is 17.4 Å². The molecule has 7 heteroatoms. The van der Waals surface area contributed by atoms with Gasteiger partial charge in [-0.05, 0) is 6.54 Å². The number of carbonyl (C=O) groups excluding carboxylic acids is 1. The molecule has 104 valence electrons. The van der Waals surface area contributed by atoms with Crippen LogP contribution in [0.25, 0.3) is 0 Å². The van der Waals surface area contributed by atoms with Gasteiger partial charge in [0, 0.05) is 19.6 Å². The number of ether oxygens (including phenoxy) is 1. The predicted molar refractivity (Wildman–Crippen MR) is 71.2 cm³/mol. The molecule has 0 radical (unpaired) electrons. The van der Waals surface area contributed by atoms with E-state index in [4.69, 9.17) is 16.3 Å². The summed E-state index contributed by atoms with van der Waals surface area (Å²) in [6, 6.07) is 0. The van der Waals surface area contributed by atoms with Gasteiger partial charge in [0.25, 0.3) is 5.91 Å². The van der Waals surface area contributed by atoms with E-state index in [2.05, 4.69) is 27.1 Å². The number of carbonyl (C=O) groups is 1. The van der Waals surface area contributed by atoms with Crippen LogP contribution in [0.5, 0.6) is 0 Å². The summed E-state index contributed by atoms with van der Waals surface area (Å²) < 4.78 is 5.60. The number of morpholine rings is 1. The molecule has 1 fully saturated rings. The van der Waals surface area contributed by atoms with Crippen molar-refractivity contribution in [3.05, 3.63) is 23.2 Å². The highest BCUT2D eigenvalue weighted by Gasteiger charge is 2.20. The number of amides is 1. The van der Waals surface area contributed by atoms with E-state index in [1.807, 2.05) is 0 Å². The Balaban J connectivity index is 1.83. The average molecular weight is 285 g/mol. The Labute approximate surface area is 117 Å². The summed E-state index contributed by atoms with van der Waals surface area (Å²) in [5.41, 5.74) is 0.218. The van der Waals surface area contributed by atoms with Crippen LogP contribution in [-0.4, -0.2) is 59.7 Å². The van der Waals surface area contributed by atoms with Gasteiger partial charge >= 0.3 is 0 Å². The van der Waals surface area contributed by atoms with Crippen molar-refractivity contribution in [3.63, 3.8) is 0 Å². The molecular formula is C12H17ClN4O2. The van der Waals surface area contributed by atoms with E-state index in [-0.39, 0.29) is 22.9 Å². The number of rotatable bonds is 4. The predicted octanol–water partition coefficient (Wildman–Crippen LogP) is 0.581. The van der Waals surface area contributed by atoms with Gasteiger partial charge in [-0.25, -0.2) is 4.98 Å². The Kier molecular flexibility index (Phi) is 5.07. The lowest BCUT2D eigenvalue weighted by Gasteiger charge is -2.32. The molecule has 0 aromatic carbocycles. The summed E-state index contributed by atoms with van der Waals surface area (Å²) >= 11 is 5.69. The molecule has 1 aliphatic rings. The van der Waals surface area contributed by atoms with E-state index in [0.717, 1.165) is 19.6 Å². The highest BCUT2D eigenvalue weighted by Crippen LogP contribution is 2.05. The van der Waals surface area contributed by atoms with Crippen molar-refractivity contribution in [2.45, 2.75) is 13.0 Å². The molecule has 1 N–H and O–H groups in total. The largest absolute Gasteiger partial charge is 0.374 e. The van der Waals surface area contributed by atoms with Crippen LogP contribution in [0, 0.1) is 0 Å². The lowest BCUT2D eigenvalue weighted by molar-refractivity contribution is -0.0246. The Morgan fingerprint density at radius 2 is 2.47 bits per heavy atom. The lowest BCUT2D eigenvalue weighted by atomic mass is 10.2. The maximum atomic E-state index is 11.8. The molecule has 1 saturated heterocycles. The van der Waals surface area contributed by atoms with Crippen molar-refractivity contribution in [1.29, 1.82) is 0 Å². The van der Waals surface area contributed by atoms with Crippen LogP contribution < -0.4 is 5.32 Å². The van der Waals surface area contributed by atoms with Crippen LogP contribution in [-0.2, 0) is 4.74 Å². The molecule has 1 aliphatic heterocycles. The molecule has 1 aromatic rings. The molecule has 0 aliphatic carbocycles. The van der Waals surface area contributed by atoms with Crippen molar-refractivity contribution in [2.24, 2.45) is 0 Å². The van der Waals surface area contributed by atoms with Gasteiger partial charge in [-0.3, -0.25) is 14.7 Å². The zero-order valence-electron chi connectivity index (χ0n) is 10.8. The molecule has 0 spiro atoms. The zero-order valence-corrected chi connectivity index (χ0v) is 11.6. The van der Waals surface area contributed by atoms with Gasteiger partial charge in [-0.2, -0.15) is 0 Å². The van der Waals surface area contributed by atoms with E-state index in [1.54, 1.807) is 0 Å². The van der Waals surface area contributed by atoms with Crippen LogP contribution in [0.3, 0.4) is 0 Å². The number of halogens is 1. The van der Waals surface area contributed by atoms with E-state index in [1.165, 1.54) is 12.4 Å². The van der Waals surface area contributed by atoms with Gasteiger partial charge in [0.2, 0.25) is 0 Å². The van der Waals surface area contributed by atoms with Gasteiger partial charge < -0.3 is 10.1 Å². The molecule has 1 amide bonds. The second kappa shape index (κ2) is 6.79. The Morgan fingerprint density at radius 3 is 3.21 bits per heavy atom. The summed E-state index contributed by atoms with van der Waals surface area (Å²) in [7, 11) is 0. The molecule has 19 heavy (non-hydrogen) atoms. The molecule has 2 heterocycles. The standard InChI is InChI=1S/C12H17ClN4O2/c1-2-17-3-4-19-9(8-17)5-15-12(18)10-6-14-7-11(13)16-10/h6-7,9H,2-5,8H2,1H3,(H,15,18). The summed E-state index contributed by atoms with van der Waals surface area (Å²) in [5.74, 6) is -0.285. The molecule has 6 nitrogen and oxygen atoms in total. The topological polar surface area (TPSA) is 67.3 Å². The Morgan fingerprint density at radius 1 is 1.63 bits per heavy atom. The Hall–Kier alpha value is -1.24.